The summed E-state index contributed by atoms with van der Waals surface area (Å²) in [7, 11) is -4.11. The molecule has 3 N–H and O–H groups in total. The third-order valence-corrected chi connectivity index (χ3v) is 2.40. The van der Waals surface area contributed by atoms with Gasteiger partial charge >= 0.3 is 0 Å². The van der Waals surface area contributed by atoms with Crippen molar-refractivity contribution >= 4 is 10.1 Å². The molecule has 0 aliphatic heterocycles. The smallest absolute Gasteiger partial charge is 0.296 e. The molecule has 11 heavy (non-hydrogen) atoms. The second kappa shape index (κ2) is 2.67. The first-order valence-electron chi connectivity index (χ1n) is 3.14. The summed E-state index contributed by atoms with van der Waals surface area (Å²) in [5, 5.41) is 0. The van der Waals surface area contributed by atoms with Gasteiger partial charge in [0.25, 0.3) is 10.1 Å². The van der Waals surface area contributed by atoms with E-state index in [-0.39, 0.29) is 10.6 Å². The van der Waals surface area contributed by atoms with Crippen LogP contribution in [0.1, 0.15) is 12.8 Å². The first-order chi connectivity index (χ1) is 5.02. The van der Waals surface area contributed by atoms with E-state index in [1.807, 2.05) is 0 Å². The van der Waals surface area contributed by atoms with Gasteiger partial charge in [0.2, 0.25) is 0 Å². The van der Waals surface area contributed by atoms with Crippen LogP contribution >= 0.6 is 0 Å². The highest BCUT2D eigenvalue weighted by Gasteiger charge is 2.16. The largest absolute Gasteiger partial charge is 0.401 e. The van der Waals surface area contributed by atoms with E-state index < -0.39 is 10.1 Å². The fourth-order valence-electron chi connectivity index (χ4n) is 0.911. The molecule has 5 heteroatoms. The number of rotatable bonds is 1. The fourth-order valence-corrected chi connectivity index (χ4v) is 1.61. The maximum Gasteiger partial charge on any atom is 0.296 e. The van der Waals surface area contributed by atoms with Crippen LogP contribution in [0, 0.1) is 0 Å². The molecule has 0 fully saturated rings. The summed E-state index contributed by atoms with van der Waals surface area (Å²) >= 11 is 0. The van der Waals surface area contributed by atoms with E-state index in [2.05, 4.69) is 0 Å². The molecule has 0 bridgehead atoms. The van der Waals surface area contributed by atoms with E-state index in [0.29, 0.717) is 6.42 Å². The molecule has 0 heterocycles. The summed E-state index contributed by atoms with van der Waals surface area (Å²) in [6.07, 6.45) is 4.21. The summed E-state index contributed by atoms with van der Waals surface area (Å²) in [6, 6.07) is 0. The highest BCUT2D eigenvalue weighted by molar-refractivity contribution is 7.90. The average Bonchev–Trinajstić information content (AvgIpc) is 1.86. The van der Waals surface area contributed by atoms with Crippen molar-refractivity contribution in [2.24, 2.45) is 5.73 Å². The van der Waals surface area contributed by atoms with Crippen LogP contribution in [-0.4, -0.2) is 13.0 Å². The Balaban J connectivity index is 3.13. The van der Waals surface area contributed by atoms with Crippen LogP contribution < -0.4 is 5.73 Å². The Kier molecular flexibility index (Phi) is 2.01. The molecule has 0 unspecified atom stereocenters. The van der Waals surface area contributed by atoms with Crippen LogP contribution in [0.5, 0.6) is 0 Å². The molecule has 0 saturated carbocycles. The van der Waals surface area contributed by atoms with Gasteiger partial charge in [-0.05, 0) is 18.9 Å². The van der Waals surface area contributed by atoms with Crippen molar-refractivity contribution in [2.45, 2.75) is 12.8 Å². The molecular formula is C6H9NO3S. The first-order valence-corrected chi connectivity index (χ1v) is 4.58. The third kappa shape index (κ3) is 1.81. The van der Waals surface area contributed by atoms with Gasteiger partial charge in [-0.25, -0.2) is 0 Å². The molecule has 1 rings (SSSR count). The van der Waals surface area contributed by atoms with Gasteiger partial charge in [0.1, 0.15) is 4.91 Å². The van der Waals surface area contributed by atoms with Gasteiger partial charge < -0.3 is 5.73 Å². The van der Waals surface area contributed by atoms with Crippen molar-refractivity contribution in [3.63, 3.8) is 0 Å². The summed E-state index contributed by atoms with van der Waals surface area (Å²) in [6.45, 7) is 0. The molecule has 0 aromatic rings. The zero-order chi connectivity index (χ0) is 8.48. The van der Waals surface area contributed by atoms with Crippen molar-refractivity contribution in [3.05, 3.63) is 22.8 Å². The van der Waals surface area contributed by atoms with Gasteiger partial charge in [0.05, 0.1) is 0 Å². The Morgan fingerprint density at radius 2 is 2.18 bits per heavy atom. The monoisotopic (exact) mass is 175 g/mol. The molecule has 1 aliphatic rings. The van der Waals surface area contributed by atoms with Crippen LogP contribution in [0.25, 0.3) is 0 Å². The van der Waals surface area contributed by atoms with E-state index in [1.165, 1.54) is 6.08 Å². The molecule has 62 valence electrons. The van der Waals surface area contributed by atoms with Crippen molar-refractivity contribution in [2.75, 3.05) is 0 Å². The number of hydrogen-bond donors (Lipinski definition) is 2. The van der Waals surface area contributed by atoms with Crippen LogP contribution in [0.15, 0.2) is 22.8 Å². The molecular weight excluding hydrogens is 166 g/mol. The van der Waals surface area contributed by atoms with Gasteiger partial charge in [-0.3, -0.25) is 4.55 Å². The summed E-state index contributed by atoms with van der Waals surface area (Å²) in [5.74, 6) is 0. The molecule has 0 atom stereocenters. The Morgan fingerprint density at radius 3 is 2.55 bits per heavy atom. The average molecular weight is 175 g/mol. The molecule has 0 radical (unpaired) electrons. The molecule has 0 saturated heterocycles. The molecule has 0 amide bonds. The Hall–Kier alpha value is -0.810. The van der Waals surface area contributed by atoms with Crippen molar-refractivity contribution < 1.29 is 13.0 Å². The summed E-state index contributed by atoms with van der Waals surface area (Å²) < 4.78 is 29.7. The minimum atomic E-state index is -4.11. The lowest BCUT2D eigenvalue weighted by molar-refractivity contribution is 0.491. The second-order valence-electron chi connectivity index (χ2n) is 2.31. The van der Waals surface area contributed by atoms with Gasteiger partial charge in [0, 0.05) is 5.70 Å². The standard InChI is InChI=1S/C6H9NO3S/c7-5-3-1-2-4-6(5)11(8,9)10/h2,4H,1,3,7H2,(H,8,9,10). The zero-order valence-corrected chi connectivity index (χ0v) is 6.63. The Morgan fingerprint density at radius 1 is 1.55 bits per heavy atom. The number of allylic oxidation sites excluding steroid dienone is 3. The molecule has 1 aliphatic carbocycles. The minimum Gasteiger partial charge on any atom is -0.401 e. The van der Waals surface area contributed by atoms with Crippen LogP contribution in [0.4, 0.5) is 0 Å². The molecule has 0 aromatic carbocycles. The summed E-state index contributed by atoms with van der Waals surface area (Å²) in [4.78, 5) is -0.163. The quantitative estimate of drug-likeness (QED) is 0.565. The van der Waals surface area contributed by atoms with Crippen molar-refractivity contribution in [1.82, 2.24) is 0 Å². The topological polar surface area (TPSA) is 80.4 Å². The van der Waals surface area contributed by atoms with Gasteiger partial charge in [-0.1, -0.05) is 6.08 Å². The summed E-state index contributed by atoms with van der Waals surface area (Å²) in [5.41, 5.74) is 5.59. The lowest BCUT2D eigenvalue weighted by Gasteiger charge is -2.08. The fraction of sp³-hybridized carbons (Fsp3) is 0.333. The van der Waals surface area contributed by atoms with E-state index in [9.17, 15) is 8.42 Å². The van der Waals surface area contributed by atoms with Gasteiger partial charge in [-0.15, -0.1) is 0 Å². The lowest BCUT2D eigenvalue weighted by atomic mass is 10.1. The van der Waals surface area contributed by atoms with Gasteiger partial charge in [-0.2, -0.15) is 8.42 Å². The minimum absolute atomic E-state index is 0.163. The van der Waals surface area contributed by atoms with Crippen LogP contribution in [0.2, 0.25) is 0 Å². The number of nitrogens with two attached hydrogens (primary N) is 1. The van der Waals surface area contributed by atoms with Gasteiger partial charge in [0.15, 0.2) is 0 Å². The maximum atomic E-state index is 10.6. The predicted octanol–water partition coefficient (Wildman–Crippen LogP) is 0.395. The van der Waals surface area contributed by atoms with Crippen LogP contribution in [0.3, 0.4) is 0 Å². The molecule has 4 nitrogen and oxygen atoms in total. The van der Waals surface area contributed by atoms with E-state index in [0.717, 1.165) is 6.42 Å². The first kappa shape index (κ1) is 8.29. The molecule has 0 aromatic heterocycles. The lowest BCUT2D eigenvalue weighted by Crippen LogP contribution is -2.11. The van der Waals surface area contributed by atoms with E-state index in [4.69, 9.17) is 10.3 Å². The highest BCUT2D eigenvalue weighted by Crippen LogP contribution is 2.18. The highest BCUT2D eigenvalue weighted by atomic mass is 32.2. The zero-order valence-electron chi connectivity index (χ0n) is 5.82. The number of hydrogen-bond acceptors (Lipinski definition) is 3. The normalized spacial score (nSPS) is 19.0. The van der Waals surface area contributed by atoms with Crippen molar-refractivity contribution in [1.29, 1.82) is 0 Å². The van der Waals surface area contributed by atoms with E-state index >= 15 is 0 Å². The van der Waals surface area contributed by atoms with E-state index in [1.54, 1.807) is 6.08 Å². The molecule has 0 spiro atoms. The third-order valence-electron chi connectivity index (χ3n) is 1.44. The van der Waals surface area contributed by atoms with Crippen molar-refractivity contribution in [3.8, 4) is 0 Å². The predicted molar refractivity (Wildman–Crippen MR) is 41.1 cm³/mol. The Labute approximate surface area is 65.1 Å². The maximum absolute atomic E-state index is 10.6. The van der Waals surface area contributed by atoms with Crippen LogP contribution in [-0.2, 0) is 10.1 Å². The Bertz CT molecular complexity index is 313. The SMILES string of the molecule is NC1=C(S(=O)(=O)O)C=CCC1. The second-order valence-corrected chi connectivity index (χ2v) is 3.70.